The summed E-state index contributed by atoms with van der Waals surface area (Å²) in [6, 6.07) is 0. The molecule has 0 radical (unpaired) electrons. The van der Waals surface area contributed by atoms with E-state index in [4.69, 9.17) is 0 Å². The Kier molecular flexibility index (Phi) is 2.99. The molecule has 1 aromatic heterocycles. The van der Waals surface area contributed by atoms with Crippen LogP contribution in [0.1, 0.15) is 39.0 Å². The van der Waals surface area contributed by atoms with Crippen molar-refractivity contribution in [2.45, 2.75) is 44.6 Å². The van der Waals surface area contributed by atoms with Gasteiger partial charge in [0.25, 0.3) is 0 Å². The van der Waals surface area contributed by atoms with E-state index in [1.54, 1.807) is 23.3 Å². The number of aromatic nitrogens is 2. The van der Waals surface area contributed by atoms with Crippen molar-refractivity contribution in [1.29, 1.82) is 0 Å². The standard InChI is InChI=1S/C12H18N2O2/c1-10-3-2-5-12(6-4-10,11(15)16)14-8-7-13-9-14/h7-10H,2-6H2,1H3,(H,15,16). The molecule has 0 aliphatic heterocycles. The Bertz CT molecular complexity index is 361. The van der Waals surface area contributed by atoms with E-state index in [1.165, 1.54) is 0 Å². The Hall–Kier alpha value is -1.32. The van der Waals surface area contributed by atoms with Crippen LogP contribution in [0.3, 0.4) is 0 Å². The van der Waals surface area contributed by atoms with Gasteiger partial charge in [0.1, 0.15) is 5.54 Å². The van der Waals surface area contributed by atoms with Crippen molar-refractivity contribution >= 4 is 5.97 Å². The number of aliphatic carboxylic acids is 1. The molecule has 2 atom stereocenters. The van der Waals surface area contributed by atoms with Crippen molar-refractivity contribution in [2.75, 3.05) is 0 Å². The summed E-state index contributed by atoms with van der Waals surface area (Å²) in [6.45, 7) is 2.20. The number of carbonyl (C=O) groups is 1. The lowest BCUT2D eigenvalue weighted by molar-refractivity contribution is -0.148. The lowest BCUT2D eigenvalue weighted by Crippen LogP contribution is -2.40. The fraction of sp³-hybridized carbons (Fsp3) is 0.667. The minimum Gasteiger partial charge on any atom is -0.479 e. The van der Waals surface area contributed by atoms with Crippen molar-refractivity contribution in [3.8, 4) is 0 Å². The van der Waals surface area contributed by atoms with Crippen molar-refractivity contribution in [3.63, 3.8) is 0 Å². The minimum atomic E-state index is -0.763. The average Bonchev–Trinajstić information content (AvgIpc) is 2.70. The van der Waals surface area contributed by atoms with Gasteiger partial charge in [0.15, 0.2) is 0 Å². The third-order valence-electron chi connectivity index (χ3n) is 3.73. The Morgan fingerprint density at radius 3 is 2.94 bits per heavy atom. The summed E-state index contributed by atoms with van der Waals surface area (Å²) in [6.07, 6.45) is 9.55. The molecule has 1 heterocycles. The maximum absolute atomic E-state index is 11.6. The summed E-state index contributed by atoms with van der Waals surface area (Å²) in [5, 5.41) is 9.52. The summed E-state index contributed by atoms with van der Waals surface area (Å²) in [7, 11) is 0. The SMILES string of the molecule is CC1CCCC(C(=O)O)(n2ccnc2)CC1. The predicted molar refractivity (Wildman–Crippen MR) is 60.1 cm³/mol. The zero-order chi connectivity index (χ0) is 11.6. The van der Waals surface area contributed by atoms with Gasteiger partial charge in [-0.05, 0) is 25.2 Å². The number of hydrogen-bond acceptors (Lipinski definition) is 2. The van der Waals surface area contributed by atoms with Crippen molar-refractivity contribution in [3.05, 3.63) is 18.7 Å². The van der Waals surface area contributed by atoms with Gasteiger partial charge in [0, 0.05) is 12.4 Å². The minimum absolute atomic E-state index is 0.629. The van der Waals surface area contributed by atoms with E-state index in [1.807, 2.05) is 0 Å². The van der Waals surface area contributed by atoms with Gasteiger partial charge in [-0.1, -0.05) is 19.8 Å². The summed E-state index contributed by atoms with van der Waals surface area (Å²) < 4.78 is 1.77. The topological polar surface area (TPSA) is 55.1 Å². The van der Waals surface area contributed by atoms with Gasteiger partial charge >= 0.3 is 5.97 Å². The van der Waals surface area contributed by atoms with E-state index in [0.717, 1.165) is 19.3 Å². The van der Waals surface area contributed by atoms with Gasteiger partial charge in [-0.2, -0.15) is 0 Å². The number of hydrogen-bond donors (Lipinski definition) is 1. The van der Waals surface area contributed by atoms with Crippen LogP contribution in [0, 0.1) is 5.92 Å². The Morgan fingerprint density at radius 1 is 1.50 bits per heavy atom. The molecule has 2 rings (SSSR count). The van der Waals surface area contributed by atoms with Gasteiger partial charge in [-0.25, -0.2) is 9.78 Å². The number of nitrogens with zero attached hydrogens (tertiary/aromatic N) is 2. The van der Waals surface area contributed by atoms with E-state index < -0.39 is 11.5 Å². The number of carboxylic acids is 1. The maximum Gasteiger partial charge on any atom is 0.329 e. The third kappa shape index (κ3) is 1.84. The van der Waals surface area contributed by atoms with Crippen LogP contribution in [0.5, 0.6) is 0 Å². The Balaban J connectivity index is 2.32. The molecule has 4 nitrogen and oxygen atoms in total. The zero-order valence-electron chi connectivity index (χ0n) is 9.59. The van der Waals surface area contributed by atoms with E-state index in [2.05, 4.69) is 11.9 Å². The van der Waals surface area contributed by atoms with Crippen LogP contribution in [-0.4, -0.2) is 20.6 Å². The van der Waals surface area contributed by atoms with Gasteiger partial charge in [0.2, 0.25) is 0 Å². The van der Waals surface area contributed by atoms with E-state index >= 15 is 0 Å². The van der Waals surface area contributed by atoms with Crippen LogP contribution in [0.2, 0.25) is 0 Å². The average molecular weight is 222 g/mol. The largest absolute Gasteiger partial charge is 0.479 e. The van der Waals surface area contributed by atoms with E-state index in [0.29, 0.717) is 18.8 Å². The van der Waals surface area contributed by atoms with Crippen molar-refractivity contribution in [2.24, 2.45) is 5.92 Å². The Morgan fingerprint density at radius 2 is 2.31 bits per heavy atom. The van der Waals surface area contributed by atoms with Gasteiger partial charge in [-0.15, -0.1) is 0 Å². The molecule has 4 heteroatoms. The first kappa shape index (κ1) is 11.2. The molecule has 0 spiro atoms. The van der Waals surface area contributed by atoms with Crippen LogP contribution in [-0.2, 0) is 10.3 Å². The lowest BCUT2D eigenvalue weighted by atomic mass is 9.89. The molecule has 0 bridgehead atoms. The van der Waals surface area contributed by atoms with Gasteiger partial charge in [0.05, 0.1) is 6.33 Å². The van der Waals surface area contributed by atoms with Crippen molar-refractivity contribution in [1.82, 2.24) is 9.55 Å². The molecular weight excluding hydrogens is 204 g/mol. The summed E-state index contributed by atoms with van der Waals surface area (Å²) >= 11 is 0. The normalized spacial score (nSPS) is 30.9. The third-order valence-corrected chi connectivity index (χ3v) is 3.73. The molecule has 0 saturated heterocycles. The molecule has 0 amide bonds. The maximum atomic E-state index is 11.6. The quantitative estimate of drug-likeness (QED) is 0.781. The van der Waals surface area contributed by atoms with Crippen LogP contribution < -0.4 is 0 Å². The van der Waals surface area contributed by atoms with Crippen LogP contribution >= 0.6 is 0 Å². The second kappa shape index (κ2) is 4.28. The molecule has 1 aromatic rings. The first-order chi connectivity index (χ1) is 7.65. The van der Waals surface area contributed by atoms with Crippen LogP contribution in [0.4, 0.5) is 0 Å². The summed E-state index contributed by atoms with van der Waals surface area (Å²) in [5.41, 5.74) is -0.763. The fourth-order valence-electron chi connectivity index (χ4n) is 2.59. The first-order valence-electron chi connectivity index (χ1n) is 5.87. The monoisotopic (exact) mass is 222 g/mol. The highest BCUT2D eigenvalue weighted by Gasteiger charge is 2.41. The summed E-state index contributed by atoms with van der Waals surface area (Å²) in [4.78, 5) is 15.6. The van der Waals surface area contributed by atoms with Crippen LogP contribution in [0.25, 0.3) is 0 Å². The van der Waals surface area contributed by atoms with E-state index in [9.17, 15) is 9.90 Å². The Labute approximate surface area is 95.3 Å². The van der Waals surface area contributed by atoms with Gasteiger partial charge < -0.3 is 9.67 Å². The fourth-order valence-corrected chi connectivity index (χ4v) is 2.59. The summed E-state index contributed by atoms with van der Waals surface area (Å²) in [5.74, 6) is -0.0932. The van der Waals surface area contributed by atoms with Crippen LogP contribution in [0.15, 0.2) is 18.7 Å². The molecule has 2 unspecified atom stereocenters. The second-order valence-corrected chi connectivity index (χ2v) is 4.84. The zero-order valence-corrected chi connectivity index (χ0v) is 9.59. The first-order valence-corrected chi connectivity index (χ1v) is 5.87. The number of rotatable bonds is 2. The highest BCUT2D eigenvalue weighted by atomic mass is 16.4. The number of carboxylic acid groups (broad SMARTS) is 1. The second-order valence-electron chi connectivity index (χ2n) is 4.84. The lowest BCUT2D eigenvalue weighted by Gasteiger charge is -2.29. The van der Waals surface area contributed by atoms with E-state index in [-0.39, 0.29) is 0 Å². The molecular formula is C12H18N2O2. The molecule has 1 aliphatic carbocycles. The number of imidazole rings is 1. The molecule has 0 aromatic carbocycles. The molecule has 16 heavy (non-hydrogen) atoms. The van der Waals surface area contributed by atoms with Crippen molar-refractivity contribution < 1.29 is 9.90 Å². The smallest absolute Gasteiger partial charge is 0.329 e. The van der Waals surface area contributed by atoms with Gasteiger partial charge in [-0.3, -0.25) is 0 Å². The predicted octanol–water partition coefficient (Wildman–Crippen LogP) is 2.26. The highest BCUT2D eigenvalue weighted by Crippen LogP contribution is 2.36. The molecule has 1 saturated carbocycles. The molecule has 1 aliphatic rings. The highest BCUT2D eigenvalue weighted by molar-refractivity contribution is 5.76. The molecule has 1 N–H and O–H groups in total. The molecule has 88 valence electrons. The molecule has 1 fully saturated rings.